The largest absolute Gasteiger partial charge is 0.485 e. The van der Waals surface area contributed by atoms with Crippen molar-refractivity contribution in [3.8, 4) is 17.4 Å². The lowest BCUT2D eigenvalue weighted by molar-refractivity contribution is -0.139. The number of pyridine rings is 1. The fourth-order valence-corrected chi connectivity index (χ4v) is 4.63. The predicted molar refractivity (Wildman–Crippen MR) is 140 cm³/mol. The number of nitrogens with zero attached hydrogens (tertiary/aromatic N) is 1. The quantitative estimate of drug-likeness (QED) is 0.268. The minimum atomic E-state index is -4.90. The van der Waals surface area contributed by atoms with Crippen LogP contribution in [0.5, 0.6) is 17.4 Å². The fourth-order valence-electron chi connectivity index (χ4n) is 3.66. The van der Waals surface area contributed by atoms with Gasteiger partial charge in [-0.25, -0.2) is 18.1 Å². The zero-order chi connectivity index (χ0) is 28.9. The molecule has 0 saturated carbocycles. The maximum absolute atomic E-state index is 14.0. The monoisotopic (exact) mass is 571 g/mol. The molecule has 0 spiro atoms. The maximum atomic E-state index is 14.0. The molecule has 1 atom stereocenters. The van der Waals surface area contributed by atoms with Crippen LogP contribution in [0.3, 0.4) is 0 Å². The molecule has 0 aliphatic rings. The van der Waals surface area contributed by atoms with Crippen molar-refractivity contribution >= 4 is 15.9 Å². The van der Waals surface area contributed by atoms with Gasteiger partial charge in [-0.1, -0.05) is 30.3 Å². The highest BCUT2D eigenvalue weighted by molar-refractivity contribution is 7.90. The minimum Gasteiger partial charge on any atom is -0.485 e. The predicted octanol–water partition coefficient (Wildman–Crippen LogP) is 5.61. The van der Waals surface area contributed by atoms with Crippen molar-refractivity contribution in [2.24, 2.45) is 5.73 Å². The normalized spacial score (nSPS) is 12.4. The van der Waals surface area contributed by atoms with E-state index in [-0.39, 0.29) is 11.4 Å². The van der Waals surface area contributed by atoms with Crippen LogP contribution in [0, 0.1) is 0 Å². The van der Waals surface area contributed by atoms with E-state index in [1.54, 1.807) is 60.3 Å². The molecule has 12 heteroatoms. The first-order chi connectivity index (χ1) is 19.0. The van der Waals surface area contributed by atoms with Crippen LogP contribution in [0.2, 0.25) is 0 Å². The molecule has 8 nitrogen and oxygen atoms in total. The second-order valence-corrected chi connectivity index (χ2v) is 10.3. The molecule has 4 rings (SSSR count). The number of halogens is 3. The van der Waals surface area contributed by atoms with E-state index in [0.29, 0.717) is 28.8 Å². The smallest absolute Gasteiger partial charge is 0.419 e. The van der Waals surface area contributed by atoms with Crippen LogP contribution < -0.4 is 19.9 Å². The van der Waals surface area contributed by atoms with E-state index in [1.807, 2.05) is 0 Å². The van der Waals surface area contributed by atoms with Crippen molar-refractivity contribution in [2.75, 3.05) is 0 Å². The highest BCUT2D eigenvalue weighted by Crippen LogP contribution is 2.39. The van der Waals surface area contributed by atoms with E-state index in [4.69, 9.17) is 15.2 Å². The standard InChI is InChI=1S/C28H24F3N3O5S/c1-18(20-5-4-6-22(15-20)39-26-7-2-3-14-33-26)38-25-13-10-21(16-24(25)28(29,30)31)27(35)34-40(36,37)23-11-8-19(17-32)9-12-23/h2-16,18H,17,32H2,1H3,(H,34,35). The number of nitrogens with one attached hydrogen (secondary N) is 1. The fraction of sp³-hybridized carbons (Fsp3) is 0.143. The van der Waals surface area contributed by atoms with E-state index >= 15 is 0 Å². The van der Waals surface area contributed by atoms with Crippen LogP contribution in [-0.2, 0) is 22.7 Å². The van der Waals surface area contributed by atoms with Crippen LogP contribution in [0.4, 0.5) is 13.2 Å². The molecule has 0 aliphatic carbocycles. The third-order valence-electron chi connectivity index (χ3n) is 5.73. The lowest BCUT2D eigenvalue weighted by Gasteiger charge is -2.20. The summed E-state index contributed by atoms with van der Waals surface area (Å²) in [6, 6.07) is 19.7. The van der Waals surface area contributed by atoms with E-state index in [2.05, 4.69) is 4.98 Å². The first kappa shape index (κ1) is 28.6. The topological polar surface area (TPSA) is 121 Å². The number of hydrogen-bond donors (Lipinski definition) is 2. The highest BCUT2D eigenvalue weighted by Gasteiger charge is 2.36. The minimum absolute atomic E-state index is 0.185. The number of carbonyl (C=O) groups is 1. The maximum Gasteiger partial charge on any atom is 0.419 e. The molecule has 0 radical (unpaired) electrons. The van der Waals surface area contributed by atoms with Gasteiger partial charge in [0.15, 0.2) is 0 Å². The van der Waals surface area contributed by atoms with Gasteiger partial charge in [0.1, 0.15) is 17.6 Å². The number of sulfonamides is 1. The van der Waals surface area contributed by atoms with Gasteiger partial charge in [0, 0.05) is 24.4 Å². The summed E-state index contributed by atoms with van der Waals surface area (Å²) < 4.78 is 80.2. The first-order valence-electron chi connectivity index (χ1n) is 11.9. The molecular weight excluding hydrogens is 547 g/mol. The molecule has 3 N–H and O–H groups in total. The van der Waals surface area contributed by atoms with Gasteiger partial charge >= 0.3 is 6.18 Å². The Kier molecular flexibility index (Phi) is 8.40. The van der Waals surface area contributed by atoms with Gasteiger partial charge < -0.3 is 15.2 Å². The lowest BCUT2D eigenvalue weighted by atomic mass is 10.1. The SMILES string of the molecule is CC(Oc1ccc(C(=O)NS(=O)(=O)c2ccc(CN)cc2)cc1C(F)(F)F)c1cccc(Oc2ccccn2)c1. The highest BCUT2D eigenvalue weighted by atomic mass is 32.2. The van der Waals surface area contributed by atoms with Gasteiger partial charge in [-0.3, -0.25) is 4.79 Å². The van der Waals surface area contributed by atoms with Crippen LogP contribution in [0.25, 0.3) is 0 Å². The average Bonchev–Trinajstić information content (AvgIpc) is 2.93. The molecule has 4 aromatic rings. The van der Waals surface area contributed by atoms with Gasteiger partial charge in [0.05, 0.1) is 10.5 Å². The van der Waals surface area contributed by atoms with Crippen LogP contribution in [-0.4, -0.2) is 19.3 Å². The summed E-state index contributed by atoms with van der Waals surface area (Å²) in [5.74, 6) is -1.01. The van der Waals surface area contributed by atoms with Crippen molar-refractivity contribution in [3.05, 3.63) is 113 Å². The molecule has 40 heavy (non-hydrogen) atoms. The Hall–Kier alpha value is -4.42. The Labute approximate surface area is 228 Å². The van der Waals surface area contributed by atoms with Gasteiger partial charge in [0.2, 0.25) is 5.88 Å². The summed E-state index contributed by atoms with van der Waals surface area (Å²) in [7, 11) is -4.34. The van der Waals surface area contributed by atoms with Gasteiger partial charge in [-0.05, 0) is 66.6 Å². The zero-order valence-electron chi connectivity index (χ0n) is 21.1. The number of aromatic nitrogens is 1. The Morgan fingerprint density at radius 3 is 2.40 bits per heavy atom. The Bertz CT molecular complexity index is 1600. The van der Waals surface area contributed by atoms with Crippen LogP contribution in [0.15, 0.2) is 96.0 Å². The van der Waals surface area contributed by atoms with Crippen molar-refractivity contribution in [2.45, 2.75) is 30.6 Å². The summed E-state index contributed by atoms with van der Waals surface area (Å²) in [6.45, 7) is 1.74. The lowest BCUT2D eigenvalue weighted by Crippen LogP contribution is -2.30. The molecule has 1 unspecified atom stereocenters. The molecule has 3 aromatic carbocycles. The number of rotatable bonds is 9. The summed E-state index contributed by atoms with van der Waals surface area (Å²) >= 11 is 0. The first-order valence-corrected chi connectivity index (χ1v) is 13.4. The second kappa shape index (κ2) is 11.8. The number of benzene rings is 3. The number of amides is 1. The van der Waals surface area contributed by atoms with Crippen molar-refractivity contribution in [1.82, 2.24) is 9.71 Å². The number of carbonyl (C=O) groups excluding carboxylic acids is 1. The molecular formula is C28H24F3N3O5S. The van der Waals surface area contributed by atoms with E-state index in [9.17, 15) is 26.4 Å². The summed E-state index contributed by atoms with van der Waals surface area (Å²) in [5.41, 5.74) is 4.93. The molecule has 1 aromatic heterocycles. The van der Waals surface area contributed by atoms with E-state index < -0.39 is 45.1 Å². The number of nitrogens with two attached hydrogens (primary N) is 1. The van der Waals surface area contributed by atoms with Crippen LogP contribution >= 0.6 is 0 Å². The molecule has 1 heterocycles. The third kappa shape index (κ3) is 6.96. The molecule has 0 bridgehead atoms. The van der Waals surface area contributed by atoms with Gasteiger partial charge in [-0.15, -0.1) is 0 Å². The molecule has 1 amide bonds. The summed E-state index contributed by atoms with van der Waals surface area (Å²) in [5, 5.41) is 0. The van der Waals surface area contributed by atoms with E-state index in [1.165, 1.54) is 24.3 Å². The van der Waals surface area contributed by atoms with Crippen molar-refractivity contribution in [3.63, 3.8) is 0 Å². The van der Waals surface area contributed by atoms with Crippen LogP contribution in [0.1, 0.15) is 40.1 Å². The Morgan fingerprint density at radius 1 is 1.00 bits per heavy atom. The van der Waals surface area contributed by atoms with Crippen molar-refractivity contribution in [1.29, 1.82) is 0 Å². The van der Waals surface area contributed by atoms with E-state index in [0.717, 1.165) is 12.1 Å². The molecule has 0 fully saturated rings. The number of ether oxygens (including phenoxy) is 2. The number of alkyl halides is 3. The average molecular weight is 572 g/mol. The molecule has 208 valence electrons. The molecule has 0 aliphatic heterocycles. The molecule has 0 saturated heterocycles. The summed E-state index contributed by atoms with van der Waals surface area (Å²) in [4.78, 5) is 16.5. The van der Waals surface area contributed by atoms with Crippen molar-refractivity contribution < 1.29 is 35.9 Å². The zero-order valence-corrected chi connectivity index (χ0v) is 21.9. The summed E-state index contributed by atoms with van der Waals surface area (Å²) in [6.07, 6.45) is -4.18. The Balaban J connectivity index is 1.54. The Morgan fingerprint density at radius 2 is 1.75 bits per heavy atom. The third-order valence-corrected chi connectivity index (χ3v) is 7.08. The second-order valence-electron chi connectivity index (χ2n) is 8.59. The van der Waals surface area contributed by atoms with Gasteiger partial charge in [0.25, 0.3) is 15.9 Å². The van der Waals surface area contributed by atoms with Gasteiger partial charge in [-0.2, -0.15) is 13.2 Å². The number of hydrogen-bond acceptors (Lipinski definition) is 7.